The lowest BCUT2D eigenvalue weighted by molar-refractivity contribution is -0.153. The molecule has 75 heavy (non-hydrogen) atoms. The smallest absolute Gasteiger partial charge is 0.479 e. The SMILES string of the molecule is CCOC(=O)[C@H](O)C[C@H](N)Cc1ccc(Br)cc1.O=C(N[C@H](Cc1ccc(-c2cccc(Cl)c2)cc1)C[C@@H](O)C(=O)O)c1ccc2nnn(O)c2c1.O=C(O)c1ccc2nnn(O)c2c1.OB(O)c1cccc(Cl)c1. The van der Waals surface area contributed by atoms with Crippen LogP contribution in [0.3, 0.4) is 0 Å². The molecule has 8 aromatic rings. The Kier molecular flexibility index (Phi) is 22.0. The van der Waals surface area contributed by atoms with Crippen LogP contribution in [0.1, 0.15) is 51.6 Å². The molecule has 6 aromatic carbocycles. The molecule has 8 rings (SSSR count). The summed E-state index contributed by atoms with van der Waals surface area (Å²) >= 11 is 15.0. The summed E-state index contributed by atoms with van der Waals surface area (Å²) in [6.07, 6.45) is -1.84. The summed E-state index contributed by atoms with van der Waals surface area (Å²) in [5.74, 6) is -3.51. The van der Waals surface area contributed by atoms with Crippen molar-refractivity contribution < 1.29 is 64.8 Å². The third kappa shape index (κ3) is 18.2. The third-order valence-corrected chi connectivity index (χ3v) is 11.7. The molecular weight excluding hydrogens is 1080 g/mol. The highest BCUT2D eigenvalue weighted by molar-refractivity contribution is 9.10. The number of benzene rings is 6. The number of hydrogen-bond donors (Lipinski definition) is 10. The van der Waals surface area contributed by atoms with Crippen molar-refractivity contribution in [2.75, 3.05) is 6.61 Å². The summed E-state index contributed by atoms with van der Waals surface area (Å²) in [6, 6.07) is 37.0. The van der Waals surface area contributed by atoms with Gasteiger partial charge in [0.1, 0.15) is 22.1 Å². The van der Waals surface area contributed by atoms with Crippen LogP contribution in [0.5, 0.6) is 0 Å². The van der Waals surface area contributed by atoms with Gasteiger partial charge in [0.25, 0.3) is 5.91 Å². The molecule has 0 fully saturated rings. The molecular formula is C50H50BBrCl2N8O13. The molecule has 0 unspecified atom stereocenters. The number of hydrogen-bond acceptors (Lipinski definition) is 16. The summed E-state index contributed by atoms with van der Waals surface area (Å²) in [6.45, 7) is 1.96. The maximum Gasteiger partial charge on any atom is 0.488 e. The van der Waals surface area contributed by atoms with Crippen molar-refractivity contribution in [1.82, 2.24) is 35.6 Å². The molecule has 21 nitrogen and oxygen atoms in total. The zero-order chi connectivity index (χ0) is 54.8. The highest BCUT2D eigenvalue weighted by Crippen LogP contribution is 2.24. The van der Waals surface area contributed by atoms with Gasteiger partial charge in [-0.2, -0.15) is 0 Å². The fraction of sp³-hybridized carbons (Fsp3) is 0.200. The van der Waals surface area contributed by atoms with E-state index in [-0.39, 0.29) is 47.7 Å². The van der Waals surface area contributed by atoms with Gasteiger partial charge in [-0.05, 0) is 137 Å². The number of aromatic nitrogens is 6. The largest absolute Gasteiger partial charge is 0.488 e. The molecule has 0 bridgehead atoms. The van der Waals surface area contributed by atoms with E-state index in [2.05, 4.69) is 41.9 Å². The number of aliphatic carboxylic acids is 1. The fourth-order valence-electron chi connectivity index (χ4n) is 7.00. The molecule has 0 aliphatic carbocycles. The third-order valence-electron chi connectivity index (χ3n) is 10.7. The Morgan fingerprint density at radius 1 is 0.693 bits per heavy atom. The van der Waals surface area contributed by atoms with Crippen molar-refractivity contribution in [2.24, 2.45) is 5.73 Å². The van der Waals surface area contributed by atoms with Gasteiger partial charge in [-0.15, -0.1) is 10.2 Å². The molecule has 2 heterocycles. The molecule has 392 valence electrons. The molecule has 0 radical (unpaired) electrons. The number of ether oxygens (including phenoxy) is 1. The average Bonchev–Trinajstić information content (AvgIpc) is 3.95. The molecule has 0 aliphatic rings. The number of rotatable bonds is 16. The lowest BCUT2D eigenvalue weighted by Gasteiger charge is -2.21. The monoisotopic (exact) mass is 1130 g/mol. The number of fused-ring (bicyclic) bond motifs is 2. The van der Waals surface area contributed by atoms with Crippen LogP contribution in [-0.4, -0.2) is 133 Å². The van der Waals surface area contributed by atoms with E-state index in [4.69, 9.17) is 59.1 Å². The number of carbonyl (C=O) groups excluding carboxylic acids is 2. The number of nitrogens with two attached hydrogens (primary N) is 1. The van der Waals surface area contributed by atoms with Gasteiger partial charge in [0.2, 0.25) is 0 Å². The number of nitrogens with one attached hydrogen (secondary N) is 1. The van der Waals surface area contributed by atoms with E-state index in [0.717, 1.165) is 26.7 Å². The fourth-order valence-corrected chi connectivity index (χ4v) is 7.65. The van der Waals surface area contributed by atoms with Crippen LogP contribution in [0, 0.1) is 0 Å². The highest BCUT2D eigenvalue weighted by atomic mass is 79.9. The second kappa shape index (κ2) is 28.3. The van der Waals surface area contributed by atoms with Gasteiger partial charge in [0.05, 0.1) is 12.2 Å². The number of aliphatic hydroxyl groups excluding tert-OH is 2. The molecule has 0 saturated heterocycles. The standard InChI is InChI=1S/C24H21ClN4O5.C13H18BrNO3.C7H5N3O3.C6H6BClO2/c25-18-3-1-2-16(11-18)15-6-4-14(5-7-15)10-19(13-22(30)24(32)33)26-23(31)17-8-9-20-21(12-17)29(34)28-27-20;1-2-18-13(17)12(16)8-11(15)7-9-3-5-10(14)6-4-9;11-7(12)4-1-2-5-6(3-4)10(13)9-8-5;8-6-3-1-2-5(4-6)7(9)10/h1-9,11-12,19,22,30,34H,10,13H2,(H,26,31)(H,32,33);3-6,11-12,16H,2,7-8,15H2,1H3;1-3,13H,(H,11,12);1-4,9-10H/t19-,22-;11-,12-;;/m11../s1. The lowest BCUT2D eigenvalue weighted by atomic mass is 9.81. The van der Waals surface area contributed by atoms with E-state index in [1.165, 1.54) is 36.4 Å². The molecule has 11 N–H and O–H groups in total. The van der Waals surface area contributed by atoms with Gasteiger partial charge in [-0.3, -0.25) is 4.79 Å². The molecule has 0 aliphatic heterocycles. The second-order valence-corrected chi connectivity index (χ2v) is 18.2. The van der Waals surface area contributed by atoms with Gasteiger partial charge in [0, 0.05) is 38.6 Å². The molecule has 0 saturated carbocycles. The summed E-state index contributed by atoms with van der Waals surface area (Å²) < 4.78 is 5.73. The molecule has 4 atom stereocenters. The average molecular weight is 1130 g/mol. The highest BCUT2D eigenvalue weighted by Gasteiger charge is 2.24. The number of carbonyl (C=O) groups is 4. The number of aliphatic hydroxyl groups is 2. The van der Waals surface area contributed by atoms with E-state index in [1.807, 2.05) is 66.7 Å². The van der Waals surface area contributed by atoms with Gasteiger partial charge >= 0.3 is 25.0 Å². The van der Waals surface area contributed by atoms with E-state index in [0.29, 0.717) is 49.1 Å². The number of carboxylic acid groups (broad SMARTS) is 2. The van der Waals surface area contributed by atoms with E-state index < -0.39 is 49.2 Å². The van der Waals surface area contributed by atoms with Crippen molar-refractivity contribution in [3.05, 3.63) is 170 Å². The number of nitrogens with zero attached hydrogens (tertiary/aromatic N) is 6. The topological polar surface area (TPSA) is 339 Å². The maximum absolute atomic E-state index is 12.9. The van der Waals surface area contributed by atoms with Crippen LogP contribution in [0.25, 0.3) is 33.2 Å². The number of aromatic carboxylic acids is 1. The predicted octanol–water partition coefficient (Wildman–Crippen LogP) is 5.19. The normalized spacial score (nSPS) is 12.3. The predicted molar refractivity (Wildman–Crippen MR) is 281 cm³/mol. The van der Waals surface area contributed by atoms with Gasteiger partial charge < -0.3 is 56.7 Å². The Bertz CT molecular complexity index is 3190. The van der Waals surface area contributed by atoms with Gasteiger partial charge in [-0.25, -0.2) is 14.4 Å². The first-order valence-electron chi connectivity index (χ1n) is 22.6. The summed E-state index contributed by atoms with van der Waals surface area (Å²) in [5, 5.41) is 91.4. The Balaban J connectivity index is 0.000000210. The Morgan fingerprint density at radius 2 is 1.24 bits per heavy atom. The summed E-state index contributed by atoms with van der Waals surface area (Å²) in [4.78, 5) is 47.0. The molecule has 1 amide bonds. The van der Waals surface area contributed by atoms with Crippen LogP contribution in [-0.2, 0) is 27.2 Å². The minimum Gasteiger partial charge on any atom is -0.479 e. The van der Waals surface area contributed by atoms with E-state index >= 15 is 0 Å². The second-order valence-electron chi connectivity index (χ2n) is 16.4. The van der Waals surface area contributed by atoms with Crippen LogP contribution in [0.4, 0.5) is 0 Å². The van der Waals surface area contributed by atoms with Crippen LogP contribution in [0.15, 0.2) is 138 Å². The zero-order valence-electron chi connectivity index (χ0n) is 39.6. The first kappa shape index (κ1) is 58.4. The van der Waals surface area contributed by atoms with Gasteiger partial charge in [0.15, 0.2) is 12.2 Å². The summed E-state index contributed by atoms with van der Waals surface area (Å²) in [5.41, 5.74) is 11.9. The number of esters is 1. The van der Waals surface area contributed by atoms with Crippen molar-refractivity contribution in [1.29, 1.82) is 0 Å². The van der Waals surface area contributed by atoms with Crippen molar-refractivity contribution in [3.8, 4) is 11.1 Å². The van der Waals surface area contributed by atoms with Crippen molar-refractivity contribution >= 4 is 97.6 Å². The Labute approximate surface area is 446 Å². The Morgan fingerprint density at radius 3 is 1.77 bits per heavy atom. The zero-order valence-corrected chi connectivity index (χ0v) is 42.7. The van der Waals surface area contributed by atoms with Crippen molar-refractivity contribution in [3.63, 3.8) is 0 Å². The summed E-state index contributed by atoms with van der Waals surface area (Å²) in [7, 11) is -1.43. The molecule has 2 aromatic heterocycles. The lowest BCUT2D eigenvalue weighted by Crippen LogP contribution is -2.40. The number of carboxylic acids is 2. The molecule has 0 spiro atoms. The minimum atomic E-state index is -1.64. The van der Waals surface area contributed by atoms with Crippen LogP contribution in [0.2, 0.25) is 10.0 Å². The van der Waals surface area contributed by atoms with Crippen LogP contribution < -0.4 is 16.5 Å². The quantitative estimate of drug-likeness (QED) is 0.0338. The Hall–Kier alpha value is -7.48. The van der Waals surface area contributed by atoms with E-state index in [9.17, 15) is 34.6 Å². The van der Waals surface area contributed by atoms with Crippen molar-refractivity contribution in [2.45, 2.75) is 56.9 Å². The van der Waals surface area contributed by atoms with E-state index in [1.54, 1.807) is 37.3 Å². The van der Waals surface area contributed by atoms with Gasteiger partial charge in [-0.1, -0.05) is 109 Å². The maximum atomic E-state index is 12.9. The molecule has 25 heteroatoms. The number of amides is 1. The minimum absolute atomic E-state index is 0.0881. The number of halogens is 3. The van der Waals surface area contributed by atoms with Crippen LogP contribution >= 0.6 is 39.1 Å². The first-order chi connectivity index (χ1) is 35.7. The first-order valence-corrected chi connectivity index (χ1v) is 24.1.